The third-order valence-electron chi connectivity index (χ3n) is 5.15. The van der Waals surface area contributed by atoms with Crippen molar-refractivity contribution in [2.24, 2.45) is 5.41 Å². The first kappa shape index (κ1) is 13.4. The number of hydrogen-bond acceptors (Lipinski definition) is 1. The van der Waals surface area contributed by atoms with Crippen LogP contribution in [0.1, 0.15) is 38.3 Å². The lowest BCUT2D eigenvalue weighted by Crippen LogP contribution is -2.64. The van der Waals surface area contributed by atoms with Gasteiger partial charge >= 0.3 is 0 Å². The lowest BCUT2D eigenvalue weighted by Gasteiger charge is -2.62. The first-order chi connectivity index (χ1) is 9.65. The molecule has 1 fully saturated rings. The average molecular weight is 266 g/mol. The zero-order chi connectivity index (χ0) is 14.2. The topological polar surface area (TPSA) is 9.23 Å². The van der Waals surface area contributed by atoms with Gasteiger partial charge in [0.15, 0.2) is 0 Å². The van der Waals surface area contributed by atoms with Gasteiger partial charge in [0, 0.05) is 5.41 Å². The predicted molar refractivity (Wildman–Crippen MR) is 82.6 cm³/mol. The molecule has 0 saturated carbocycles. The van der Waals surface area contributed by atoms with E-state index in [1.54, 1.807) is 0 Å². The summed E-state index contributed by atoms with van der Waals surface area (Å²) in [5, 5.41) is 0. The zero-order valence-electron chi connectivity index (χ0n) is 12.5. The lowest BCUT2D eigenvalue weighted by atomic mass is 9.57. The van der Waals surface area contributed by atoms with Crippen LogP contribution in [-0.4, -0.2) is 6.10 Å². The molecule has 2 atom stereocenters. The Bertz CT molecular complexity index is 536. The Kier molecular flexibility index (Phi) is 3.18. The van der Waals surface area contributed by atoms with Crippen molar-refractivity contribution < 1.29 is 4.74 Å². The van der Waals surface area contributed by atoms with Gasteiger partial charge in [-0.05, 0) is 24.5 Å². The van der Waals surface area contributed by atoms with Crippen LogP contribution < -0.4 is 0 Å². The van der Waals surface area contributed by atoms with Gasteiger partial charge in [0.05, 0.1) is 6.10 Å². The van der Waals surface area contributed by atoms with E-state index in [9.17, 15) is 0 Å². The van der Waals surface area contributed by atoms with Gasteiger partial charge in [-0.25, -0.2) is 0 Å². The van der Waals surface area contributed by atoms with Gasteiger partial charge in [0.2, 0.25) is 0 Å². The van der Waals surface area contributed by atoms with Crippen LogP contribution in [0.25, 0.3) is 0 Å². The monoisotopic (exact) mass is 266 g/mol. The Labute approximate surface area is 121 Å². The predicted octanol–water partition coefficient (Wildman–Crippen LogP) is 4.77. The van der Waals surface area contributed by atoms with Gasteiger partial charge in [0.1, 0.15) is 5.60 Å². The molecule has 104 valence electrons. The Hall–Kier alpha value is -1.60. The summed E-state index contributed by atoms with van der Waals surface area (Å²) in [6, 6.07) is 21.3. The molecule has 1 aliphatic heterocycles. The van der Waals surface area contributed by atoms with Crippen molar-refractivity contribution in [2.75, 3.05) is 0 Å². The maximum absolute atomic E-state index is 6.41. The molecule has 1 aliphatic rings. The van der Waals surface area contributed by atoms with Gasteiger partial charge in [-0.3, -0.25) is 0 Å². The zero-order valence-corrected chi connectivity index (χ0v) is 12.5. The van der Waals surface area contributed by atoms with E-state index in [-0.39, 0.29) is 17.1 Å². The van der Waals surface area contributed by atoms with Crippen molar-refractivity contribution >= 4 is 0 Å². The second kappa shape index (κ2) is 4.75. The summed E-state index contributed by atoms with van der Waals surface area (Å²) in [7, 11) is 0. The molecule has 1 saturated heterocycles. The third kappa shape index (κ3) is 1.59. The van der Waals surface area contributed by atoms with E-state index >= 15 is 0 Å². The van der Waals surface area contributed by atoms with E-state index < -0.39 is 0 Å². The number of rotatable bonds is 3. The summed E-state index contributed by atoms with van der Waals surface area (Å²) in [5.41, 5.74) is 2.32. The van der Waals surface area contributed by atoms with Gasteiger partial charge in [0.25, 0.3) is 0 Å². The highest BCUT2D eigenvalue weighted by atomic mass is 16.5. The molecule has 2 aromatic carbocycles. The molecule has 0 radical (unpaired) electrons. The van der Waals surface area contributed by atoms with Gasteiger partial charge in [-0.2, -0.15) is 0 Å². The summed E-state index contributed by atoms with van der Waals surface area (Å²) in [5.74, 6) is 0. The molecule has 1 nitrogen and oxygen atoms in total. The number of ether oxygens (including phenoxy) is 1. The SMILES string of the molecule is CCC1(C)C(C)OC1(c1ccccc1)c1ccccc1. The Morgan fingerprint density at radius 1 is 0.900 bits per heavy atom. The van der Waals surface area contributed by atoms with Crippen molar-refractivity contribution in [2.45, 2.75) is 38.9 Å². The number of benzene rings is 2. The molecule has 0 bridgehead atoms. The molecule has 0 aliphatic carbocycles. The van der Waals surface area contributed by atoms with E-state index in [4.69, 9.17) is 4.74 Å². The third-order valence-corrected chi connectivity index (χ3v) is 5.15. The molecular formula is C19H22O. The van der Waals surface area contributed by atoms with Crippen molar-refractivity contribution in [1.29, 1.82) is 0 Å². The Morgan fingerprint density at radius 2 is 1.35 bits per heavy atom. The highest BCUT2D eigenvalue weighted by Gasteiger charge is 2.63. The summed E-state index contributed by atoms with van der Waals surface area (Å²) in [6.45, 7) is 6.80. The maximum Gasteiger partial charge on any atom is 0.126 e. The van der Waals surface area contributed by atoms with Crippen LogP contribution in [0.5, 0.6) is 0 Å². The number of hydrogen-bond donors (Lipinski definition) is 0. The van der Waals surface area contributed by atoms with Crippen LogP contribution in [0.15, 0.2) is 60.7 Å². The highest BCUT2D eigenvalue weighted by Crippen LogP contribution is 2.61. The normalized spacial score (nSPS) is 27.9. The van der Waals surface area contributed by atoms with Crippen LogP contribution in [-0.2, 0) is 10.3 Å². The first-order valence-corrected chi connectivity index (χ1v) is 7.44. The second-order valence-electron chi connectivity index (χ2n) is 5.94. The molecule has 1 heteroatoms. The molecule has 20 heavy (non-hydrogen) atoms. The van der Waals surface area contributed by atoms with E-state index in [0.717, 1.165) is 6.42 Å². The molecule has 0 spiro atoms. The average Bonchev–Trinajstić information content (AvgIpc) is 2.53. The molecule has 0 amide bonds. The van der Waals surface area contributed by atoms with Gasteiger partial charge < -0.3 is 4.74 Å². The standard InChI is InChI=1S/C19H22O/c1-4-18(3)15(2)20-19(18,16-11-7-5-8-12-16)17-13-9-6-10-14-17/h5-15H,4H2,1-3H3. The molecule has 0 N–H and O–H groups in total. The van der Waals surface area contributed by atoms with E-state index in [0.29, 0.717) is 0 Å². The molecule has 2 unspecified atom stereocenters. The Balaban J connectivity index is 2.21. The minimum Gasteiger partial charge on any atom is -0.361 e. The van der Waals surface area contributed by atoms with Crippen LogP contribution >= 0.6 is 0 Å². The van der Waals surface area contributed by atoms with Crippen molar-refractivity contribution in [3.8, 4) is 0 Å². The van der Waals surface area contributed by atoms with Crippen LogP contribution in [0.4, 0.5) is 0 Å². The molecular weight excluding hydrogens is 244 g/mol. The summed E-state index contributed by atoms with van der Waals surface area (Å²) >= 11 is 0. The van der Waals surface area contributed by atoms with Crippen LogP contribution in [0.2, 0.25) is 0 Å². The van der Waals surface area contributed by atoms with Crippen LogP contribution in [0.3, 0.4) is 0 Å². The maximum atomic E-state index is 6.41. The minimum absolute atomic E-state index is 0.121. The molecule has 2 aromatic rings. The summed E-state index contributed by atoms with van der Waals surface area (Å²) < 4.78 is 6.41. The highest BCUT2D eigenvalue weighted by molar-refractivity contribution is 5.42. The molecule has 0 aromatic heterocycles. The lowest BCUT2D eigenvalue weighted by molar-refractivity contribution is -0.296. The molecule has 1 heterocycles. The van der Waals surface area contributed by atoms with Crippen LogP contribution in [0, 0.1) is 5.41 Å². The van der Waals surface area contributed by atoms with E-state index in [1.807, 2.05) is 0 Å². The Morgan fingerprint density at radius 3 is 1.70 bits per heavy atom. The minimum atomic E-state index is -0.316. The smallest absolute Gasteiger partial charge is 0.126 e. The first-order valence-electron chi connectivity index (χ1n) is 7.44. The van der Waals surface area contributed by atoms with E-state index in [2.05, 4.69) is 81.4 Å². The second-order valence-corrected chi connectivity index (χ2v) is 5.94. The van der Waals surface area contributed by atoms with E-state index in [1.165, 1.54) is 11.1 Å². The fraction of sp³-hybridized carbons (Fsp3) is 0.368. The van der Waals surface area contributed by atoms with Crippen molar-refractivity contribution in [3.63, 3.8) is 0 Å². The summed E-state index contributed by atoms with van der Waals surface area (Å²) in [6.07, 6.45) is 1.37. The quantitative estimate of drug-likeness (QED) is 0.778. The molecule has 3 rings (SSSR count). The van der Waals surface area contributed by atoms with Crippen molar-refractivity contribution in [3.05, 3.63) is 71.8 Å². The largest absolute Gasteiger partial charge is 0.361 e. The fourth-order valence-electron chi connectivity index (χ4n) is 3.60. The fourth-order valence-corrected chi connectivity index (χ4v) is 3.60. The van der Waals surface area contributed by atoms with Crippen molar-refractivity contribution in [1.82, 2.24) is 0 Å². The summed E-state index contributed by atoms with van der Waals surface area (Å²) in [4.78, 5) is 0. The van der Waals surface area contributed by atoms with Gasteiger partial charge in [-0.1, -0.05) is 74.5 Å². The van der Waals surface area contributed by atoms with Gasteiger partial charge in [-0.15, -0.1) is 0 Å².